The summed E-state index contributed by atoms with van der Waals surface area (Å²) < 4.78 is 6.96. The van der Waals surface area contributed by atoms with Crippen LogP contribution in [0.15, 0.2) is 340 Å². The summed E-state index contributed by atoms with van der Waals surface area (Å²) in [6.45, 7) is 3.88. The number of hydrogen-bond acceptors (Lipinski definition) is 15. The number of pyridine rings is 4. The van der Waals surface area contributed by atoms with Crippen molar-refractivity contribution < 1.29 is 43.1 Å². The molecule has 28 heteroatoms. The fraction of sp³-hybridized carbons (Fsp3) is 0.0748. The molecule has 0 saturated carbocycles. The van der Waals surface area contributed by atoms with Gasteiger partial charge in [0.25, 0.3) is 35.4 Å². The third-order valence-corrected chi connectivity index (χ3v) is 23.9. The van der Waals surface area contributed by atoms with Crippen molar-refractivity contribution in [2.75, 3.05) is 49.1 Å². The number of nitrogens with zero attached hydrogens (tertiary/aromatic N) is 6. The SMILES string of the molecule is CC(=O)Nc1ccc(C(=O)Nc2ccc(Cl)c(-c3nccc4ccccc34)c2)c(C)c1.Cn1ccc(C(=O)Nc2ccc(C(=O)Nc3ccc(Cl)c(-c4nccc5ccccc45)c3)cc2)n1.O=C(Cc1cccs1)Nc1ccc(C(=O)Nc2ccc(Cl)c(-c3nccc4ccccc34)c2)cc1.O=C(Nc1ccc(Cl)c(-c2nccc3ccccc23)c1)c1ccc(NC(=O)C2CCCO2)cc1. The molecule has 6 aromatic heterocycles. The molecular formula is C107H82Cl4N14O9S. The number of halogens is 4. The minimum absolute atomic E-state index is 0.0969. The Morgan fingerprint density at radius 3 is 1.09 bits per heavy atom. The summed E-state index contributed by atoms with van der Waals surface area (Å²) in [5.74, 6) is -1.80. The first-order chi connectivity index (χ1) is 65.5. The number of carbonyl (C=O) groups is 8. The van der Waals surface area contributed by atoms with Crippen LogP contribution in [-0.4, -0.2) is 89.7 Å². The van der Waals surface area contributed by atoms with Gasteiger partial charge >= 0.3 is 0 Å². The first-order valence-electron chi connectivity index (χ1n) is 42.6. The summed E-state index contributed by atoms with van der Waals surface area (Å²) in [4.78, 5) is 118. The third-order valence-electron chi connectivity index (χ3n) is 21.7. The van der Waals surface area contributed by atoms with Gasteiger partial charge in [-0.05, 0) is 252 Å². The number of rotatable bonds is 20. The van der Waals surface area contributed by atoms with Crippen LogP contribution in [0.5, 0.6) is 0 Å². The molecule has 18 aromatic rings. The quantitative estimate of drug-likeness (QED) is 0.0352. The van der Waals surface area contributed by atoms with Crippen LogP contribution >= 0.6 is 57.7 Å². The average Bonchev–Trinajstić information content (AvgIpc) is 1.19. The average molecular weight is 1880 g/mol. The number of carbonyl (C=O) groups excluding carboxylic acids is 8. The second-order valence-corrected chi connectivity index (χ2v) is 33.8. The Hall–Kier alpha value is -15.9. The van der Waals surface area contributed by atoms with Gasteiger partial charge in [-0.1, -0.05) is 150 Å². The molecule has 1 aliphatic rings. The molecule has 19 rings (SSSR count). The number of fused-ring (bicyclic) bond motifs is 4. The van der Waals surface area contributed by atoms with E-state index in [-0.39, 0.29) is 47.3 Å². The summed E-state index contributed by atoms with van der Waals surface area (Å²) in [5.41, 5.74) is 13.8. The lowest BCUT2D eigenvalue weighted by atomic mass is 10.0. The van der Waals surface area contributed by atoms with Crippen LogP contribution in [-0.2, 0) is 32.6 Å². The highest BCUT2D eigenvalue weighted by molar-refractivity contribution is 7.10. The lowest BCUT2D eigenvalue weighted by molar-refractivity contribution is -0.124. The summed E-state index contributed by atoms with van der Waals surface area (Å²) in [6, 6.07) is 91.7. The van der Waals surface area contributed by atoms with Gasteiger partial charge in [0.05, 0.1) is 49.3 Å². The van der Waals surface area contributed by atoms with Crippen LogP contribution in [0.1, 0.15) is 82.1 Å². The smallest absolute Gasteiger partial charge is 0.276 e. The van der Waals surface area contributed by atoms with Crippen molar-refractivity contribution in [1.29, 1.82) is 0 Å². The first-order valence-corrected chi connectivity index (χ1v) is 45.0. The number of amides is 8. The maximum absolute atomic E-state index is 12.9. The Morgan fingerprint density at radius 1 is 0.378 bits per heavy atom. The molecule has 1 aliphatic heterocycles. The van der Waals surface area contributed by atoms with Crippen LogP contribution < -0.4 is 42.5 Å². The van der Waals surface area contributed by atoms with Crippen LogP contribution in [0.2, 0.25) is 20.1 Å². The van der Waals surface area contributed by atoms with E-state index in [1.807, 2.05) is 170 Å². The van der Waals surface area contributed by atoms with Crippen molar-refractivity contribution in [2.45, 2.75) is 39.2 Å². The molecule has 0 radical (unpaired) electrons. The zero-order valence-electron chi connectivity index (χ0n) is 72.5. The third kappa shape index (κ3) is 23.2. The standard InChI is InChI=1S/C28H20ClN3O2S.C27H20ClN5O2.C27H22ClN3O3.C25H20ClN3O2/c29-25-12-11-21(16-24(25)27-23-6-2-1-4-18(23)13-14-30-27)32-28(34)19-7-9-20(10-8-19)31-26(33)17-22-5-3-15-35-22;1-33-15-13-24(32-33)27(35)30-19-8-6-18(7-9-19)26(34)31-20-10-11-23(28)22(16-20)25-21-5-3-2-4-17(21)12-14-29-25;28-23-12-11-20(16-22(23)25-21-5-2-1-4-17(21)13-14-29-25)31-26(32)18-7-9-19(10-8-18)30-27(33)24-6-3-15-34-24;1-15-13-18(28-16(2)30)7-9-20(15)25(31)29-19-8-10-23(26)22(14-19)24-21-6-4-3-5-17(21)11-12-27-24/h1-16H,17H2,(H,31,33)(H,32,34);2-16H,1H3,(H,30,35)(H,31,34);1-2,4-5,7-14,16,24H,3,6,15H2,(H,30,33)(H,31,32);3-14H,1-2H3,(H,28,30)(H,29,31). The Labute approximate surface area is 799 Å². The van der Waals surface area contributed by atoms with Crippen LogP contribution in [0.3, 0.4) is 0 Å². The second kappa shape index (κ2) is 43.0. The van der Waals surface area contributed by atoms with Gasteiger partial charge in [-0.25, -0.2) is 0 Å². The molecule has 8 amide bonds. The number of benzene rings is 12. The maximum Gasteiger partial charge on any atom is 0.276 e. The topological polar surface area (TPSA) is 311 Å². The van der Waals surface area contributed by atoms with Gasteiger partial charge in [-0.15, -0.1) is 11.3 Å². The van der Waals surface area contributed by atoms with Gasteiger partial charge in [-0.3, -0.25) is 63.0 Å². The number of hydrogen-bond donors (Lipinski definition) is 8. The van der Waals surface area contributed by atoms with E-state index >= 15 is 0 Å². The molecule has 135 heavy (non-hydrogen) atoms. The molecule has 1 saturated heterocycles. The maximum atomic E-state index is 12.9. The number of ether oxygens (including phenoxy) is 1. The Morgan fingerprint density at radius 2 is 0.733 bits per heavy atom. The van der Waals surface area contributed by atoms with E-state index in [0.717, 1.165) is 111 Å². The minimum Gasteiger partial charge on any atom is -0.368 e. The highest BCUT2D eigenvalue weighted by Gasteiger charge is 2.25. The molecule has 1 unspecified atom stereocenters. The van der Waals surface area contributed by atoms with Crippen LogP contribution in [0, 0.1) is 6.92 Å². The van der Waals surface area contributed by atoms with E-state index in [1.54, 1.807) is 200 Å². The highest BCUT2D eigenvalue weighted by atomic mass is 35.5. The number of anilines is 8. The lowest BCUT2D eigenvalue weighted by Crippen LogP contribution is -2.26. The van der Waals surface area contributed by atoms with Gasteiger partial charge in [0.15, 0.2) is 5.69 Å². The summed E-state index contributed by atoms with van der Waals surface area (Å²) in [7, 11) is 1.74. The monoisotopic (exact) mass is 1880 g/mol. The van der Waals surface area contributed by atoms with Crippen molar-refractivity contribution in [3.8, 4) is 45.0 Å². The van der Waals surface area contributed by atoms with Gasteiger partial charge in [0.1, 0.15) is 6.10 Å². The van der Waals surface area contributed by atoms with E-state index in [1.165, 1.54) is 6.92 Å². The molecule has 23 nitrogen and oxygen atoms in total. The molecule has 1 atom stereocenters. The largest absolute Gasteiger partial charge is 0.368 e. The molecule has 1 fully saturated rings. The van der Waals surface area contributed by atoms with Gasteiger partial charge in [0.2, 0.25) is 11.8 Å². The van der Waals surface area contributed by atoms with Crippen LogP contribution in [0.4, 0.5) is 45.5 Å². The Kier molecular flexibility index (Phi) is 29.4. The van der Waals surface area contributed by atoms with E-state index in [2.05, 4.69) is 67.6 Å². The molecular weight excluding hydrogens is 1800 g/mol. The molecule has 12 aromatic carbocycles. The van der Waals surface area contributed by atoms with Crippen molar-refractivity contribution in [2.24, 2.45) is 7.05 Å². The Bertz CT molecular complexity index is 7510. The predicted molar refractivity (Wildman–Crippen MR) is 541 cm³/mol. The predicted octanol–water partition coefficient (Wildman–Crippen LogP) is 24.8. The number of nitrogens with one attached hydrogen (secondary N) is 8. The number of aryl methyl sites for hydroxylation is 2. The van der Waals surface area contributed by atoms with E-state index in [4.69, 9.17) is 51.1 Å². The van der Waals surface area contributed by atoms with Crippen molar-refractivity contribution in [3.05, 3.63) is 398 Å². The Balaban J connectivity index is 0.000000131. The molecule has 0 spiro atoms. The number of aromatic nitrogens is 6. The normalized spacial score (nSPS) is 11.9. The highest BCUT2D eigenvalue weighted by Crippen LogP contribution is 2.40. The zero-order valence-corrected chi connectivity index (χ0v) is 76.4. The fourth-order valence-electron chi connectivity index (χ4n) is 15.1. The van der Waals surface area contributed by atoms with E-state index in [0.29, 0.717) is 107 Å². The van der Waals surface area contributed by atoms with E-state index in [9.17, 15) is 38.4 Å². The molecule has 0 bridgehead atoms. The van der Waals surface area contributed by atoms with Crippen molar-refractivity contribution in [1.82, 2.24) is 29.7 Å². The van der Waals surface area contributed by atoms with Crippen molar-refractivity contribution >= 4 is 194 Å². The number of thiophene rings is 1. The van der Waals surface area contributed by atoms with Gasteiger partial charge in [-0.2, -0.15) is 5.10 Å². The molecule has 0 aliphatic carbocycles. The summed E-state index contributed by atoms with van der Waals surface area (Å²) in [5, 5.41) is 39.2. The van der Waals surface area contributed by atoms with E-state index < -0.39 is 6.10 Å². The lowest BCUT2D eigenvalue weighted by Gasteiger charge is -2.12. The van der Waals surface area contributed by atoms with Gasteiger partial charge in [0, 0.05) is 168 Å². The van der Waals surface area contributed by atoms with Gasteiger partial charge < -0.3 is 47.3 Å². The second-order valence-electron chi connectivity index (χ2n) is 31.2. The van der Waals surface area contributed by atoms with Crippen LogP contribution in [0.25, 0.3) is 88.1 Å². The first kappa shape index (κ1) is 92.3. The molecule has 7 heterocycles. The molecule has 668 valence electrons. The minimum atomic E-state index is -0.404. The zero-order chi connectivity index (χ0) is 94.0. The van der Waals surface area contributed by atoms with Crippen molar-refractivity contribution in [3.63, 3.8) is 0 Å². The molecule has 8 N–H and O–H groups in total. The summed E-state index contributed by atoms with van der Waals surface area (Å²) >= 11 is 27.5. The fourth-order valence-corrected chi connectivity index (χ4v) is 16.6. The summed E-state index contributed by atoms with van der Waals surface area (Å²) in [6.07, 6.45) is 10.2.